The fourth-order valence-electron chi connectivity index (χ4n) is 1.96. The molecule has 1 saturated heterocycles. The maximum atomic E-state index is 12.8. The van der Waals surface area contributed by atoms with E-state index >= 15 is 0 Å². The lowest BCUT2D eigenvalue weighted by molar-refractivity contribution is 0.360. The van der Waals surface area contributed by atoms with Crippen molar-refractivity contribution in [3.05, 3.63) is 30.1 Å². The van der Waals surface area contributed by atoms with Gasteiger partial charge >= 0.3 is 0 Å². The highest BCUT2D eigenvalue weighted by Crippen LogP contribution is 2.16. The standard InChI is InChI=1S/C12H17FN2/c1-14-7-2-8-15(10-9-14)12-5-3-11(13)4-6-12/h3-6H,2,7-10H2,1H3. The molecule has 0 N–H and O–H groups in total. The Morgan fingerprint density at radius 1 is 1.00 bits per heavy atom. The van der Waals surface area contributed by atoms with Crippen molar-refractivity contribution in [2.24, 2.45) is 0 Å². The van der Waals surface area contributed by atoms with Crippen molar-refractivity contribution >= 4 is 5.69 Å². The van der Waals surface area contributed by atoms with Crippen molar-refractivity contribution in [3.63, 3.8) is 0 Å². The smallest absolute Gasteiger partial charge is 0.123 e. The molecule has 1 aromatic rings. The van der Waals surface area contributed by atoms with E-state index < -0.39 is 0 Å². The highest BCUT2D eigenvalue weighted by atomic mass is 19.1. The highest BCUT2D eigenvalue weighted by Gasteiger charge is 2.12. The van der Waals surface area contributed by atoms with Gasteiger partial charge in [-0.25, -0.2) is 4.39 Å². The van der Waals surface area contributed by atoms with E-state index in [4.69, 9.17) is 0 Å². The van der Waals surface area contributed by atoms with Crippen LogP contribution >= 0.6 is 0 Å². The van der Waals surface area contributed by atoms with E-state index in [0.717, 1.165) is 31.9 Å². The van der Waals surface area contributed by atoms with Gasteiger partial charge in [0.25, 0.3) is 0 Å². The van der Waals surface area contributed by atoms with E-state index in [0.29, 0.717) is 0 Å². The molecule has 0 aliphatic carbocycles. The van der Waals surface area contributed by atoms with E-state index in [2.05, 4.69) is 16.8 Å². The van der Waals surface area contributed by atoms with Gasteiger partial charge in [-0.05, 0) is 44.3 Å². The molecule has 15 heavy (non-hydrogen) atoms. The molecular weight excluding hydrogens is 191 g/mol. The molecule has 1 fully saturated rings. The summed E-state index contributed by atoms with van der Waals surface area (Å²) < 4.78 is 12.8. The number of anilines is 1. The first-order valence-electron chi connectivity index (χ1n) is 5.45. The Labute approximate surface area is 90.3 Å². The molecule has 0 saturated carbocycles. The summed E-state index contributed by atoms with van der Waals surface area (Å²) >= 11 is 0. The van der Waals surface area contributed by atoms with Gasteiger partial charge in [0.2, 0.25) is 0 Å². The van der Waals surface area contributed by atoms with Gasteiger partial charge in [0.1, 0.15) is 5.82 Å². The molecule has 1 aliphatic heterocycles. The summed E-state index contributed by atoms with van der Waals surface area (Å²) in [4.78, 5) is 4.66. The van der Waals surface area contributed by atoms with E-state index in [1.54, 1.807) is 0 Å². The molecule has 3 heteroatoms. The van der Waals surface area contributed by atoms with E-state index in [-0.39, 0.29) is 5.82 Å². The van der Waals surface area contributed by atoms with Crippen LogP contribution in [0.1, 0.15) is 6.42 Å². The lowest BCUT2D eigenvalue weighted by Gasteiger charge is -2.22. The number of likely N-dealkylation sites (N-methyl/N-ethyl adjacent to an activating group) is 1. The van der Waals surface area contributed by atoms with Gasteiger partial charge in [-0.3, -0.25) is 0 Å². The summed E-state index contributed by atoms with van der Waals surface area (Å²) in [5.74, 6) is -0.161. The van der Waals surface area contributed by atoms with Gasteiger partial charge < -0.3 is 9.80 Å². The van der Waals surface area contributed by atoms with Crippen LogP contribution in [0.15, 0.2) is 24.3 Å². The molecule has 0 amide bonds. The lowest BCUT2D eigenvalue weighted by Crippen LogP contribution is -2.28. The summed E-state index contributed by atoms with van der Waals surface area (Å²) in [6.45, 7) is 4.33. The highest BCUT2D eigenvalue weighted by molar-refractivity contribution is 5.46. The van der Waals surface area contributed by atoms with Gasteiger partial charge in [0.15, 0.2) is 0 Å². The van der Waals surface area contributed by atoms with Gasteiger partial charge in [-0.1, -0.05) is 0 Å². The number of rotatable bonds is 1. The summed E-state index contributed by atoms with van der Waals surface area (Å²) in [5, 5.41) is 0. The van der Waals surface area contributed by atoms with Gasteiger partial charge in [-0.2, -0.15) is 0 Å². The first-order chi connectivity index (χ1) is 7.25. The van der Waals surface area contributed by atoms with Crippen LogP contribution < -0.4 is 4.90 Å². The van der Waals surface area contributed by atoms with Crippen LogP contribution in [0.2, 0.25) is 0 Å². The van der Waals surface area contributed by atoms with Crippen LogP contribution in [0, 0.1) is 5.82 Å². The molecule has 82 valence electrons. The third kappa shape index (κ3) is 2.69. The summed E-state index contributed by atoms with van der Waals surface area (Å²) in [6, 6.07) is 6.79. The minimum atomic E-state index is -0.161. The average molecular weight is 208 g/mol. The maximum absolute atomic E-state index is 12.8. The second-order valence-electron chi connectivity index (χ2n) is 4.12. The van der Waals surface area contributed by atoms with Crippen molar-refractivity contribution in [1.82, 2.24) is 4.90 Å². The van der Waals surface area contributed by atoms with Crippen LogP contribution in [-0.2, 0) is 0 Å². The van der Waals surface area contributed by atoms with Crippen molar-refractivity contribution in [2.75, 3.05) is 38.1 Å². The van der Waals surface area contributed by atoms with Crippen molar-refractivity contribution in [2.45, 2.75) is 6.42 Å². The molecular formula is C12H17FN2. The van der Waals surface area contributed by atoms with E-state index in [1.807, 2.05) is 12.1 Å². The number of hydrogen-bond donors (Lipinski definition) is 0. The largest absolute Gasteiger partial charge is 0.370 e. The minimum Gasteiger partial charge on any atom is -0.370 e. The summed E-state index contributed by atoms with van der Waals surface area (Å²) in [6.07, 6.45) is 1.17. The molecule has 1 aromatic carbocycles. The third-order valence-corrected chi connectivity index (χ3v) is 2.91. The quantitative estimate of drug-likeness (QED) is 0.696. The van der Waals surface area contributed by atoms with E-state index in [9.17, 15) is 4.39 Å². The zero-order valence-electron chi connectivity index (χ0n) is 9.12. The molecule has 2 nitrogen and oxygen atoms in total. The zero-order chi connectivity index (χ0) is 10.7. The Kier molecular flexibility index (Phi) is 3.21. The van der Waals surface area contributed by atoms with Crippen molar-refractivity contribution < 1.29 is 4.39 Å². The topological polar surface area (TPSA) is 6.48 Å². The third-order valence-electron chi connectivity index (χ3n) is 2.91. The molecule has 0 spiro atoms. The van der Waals surface area contributed by atoms with Crippen molar-refractivity contribution in [1.29, 1.82) is 0 Å². The van der Waals surface area contributed by atoms with Gasteiger partial charge in [0.05, 0.1) is 0 Å². The number of halogens is 1. The lowest BCUT2D eigenvalue weighted by atomic mass is 10.2. The first kappa shape index (κ1) is 10.4. The summed E-state index contributed by atoms with van der Waals surface area (Å²) in [5.41, 5.74) is 1.13. The normalized spacial score (nSPS) is 18.9. The number of benzene rings is 1. The first-order valence-corrected chi connectivity index (χ1v) is 5.45. The molecule has 0 atom stereocenters. The summed E-state index contributed by atoms with van der Waals surface area (Å²) in [7, 11) is 2.15. The van der Waals surface area contributed by atoms with Crippen LogP contribution in [-0.4, -0.2) is 38.1 Å². The molecule has 1 aliphatic rings. The average Bonchev–Trinajstić information content (AvgIpc) is 2.44. The molecule has 0 radical (unpaired) electrons. The molecule has 1 heterocycles. The minimum absolute atomic E-state index is 0.161. The van der Waals surface area contributed by atoms with Crippen LogP contribution in [0.5, 0.6) is 0 Å². The second kappa shape index (κ2) is 4.62. The Hall–Kier alpha value is -1.09. The predicted octanol–water partition coefficient (Wildman–Crippen LogP) is 1.97. The number of nitrogens with zero attached hydrogens (tertiary/aromatic N) is 2. The van der Waals surface area contributed by atoms with Crippen molar-refractivity contribution in [3.8, 4) is 0 Å². The Bertz CT molecular complexity index is 310. The van der Waals surface area contributed by atoms with Crippen LogP contribution in [0.3, 0.4) is 0 Å². The molecule has 0 bridgehead atoms. The fourth-order valence-corrected chi connectivity index (χ4v) is 1.96. The number of hydrogen-bond acceptors (Lipinski definition) is 2. The van der Waals surface area contributed by atoms with Gasteiger partial charge in [-0.15, -0.1) is 0 Å². The Balaban J connectivity index is 2.06. The van der Waals surface area contributed by atoms with E-state index in [1.165, 1.54) is 18.6 Å². The fraction of sp³-hybridized carbons (Fsp3) is 0.500. The van der Waals surface area contributed by atoms with Crippen LogP contribution in [0.25, 0.3) is 0 Å². The monoisotopic (exact) mass is 208 g/mol. The molecule has 2 rings (SSSR count). The predicted molar refractivity (Wildman–Crippen MR) is 60.7 cm³/mol. The Morgan fingerprint density at radius 2 is 1.73 bits per heavy atom. The molecule has 0 unspecified atom stereocenters. The maximum Gasteiger partial charge on any atom is 0.123 e. The van der Waals surface area contributed by atoms with Gasteiger partial charge in [0, 0.05) is 25.3 Å². The second-order valence-corrected chi connectivity index (χ2v) is 4.12. The van der Waals surface area contributed by atoms with Crippen LogP contribution in [0.4, 0.5) is 10.1 Å². The SMILES string of the molecule is CN1CCCN(c2ccc(F)cc2)CC1. The zero-order valence-corrected chi connectivity index (χ0v) is 9.12. The molecule has 0 aromatic heterocycles. The Morgan fingerprint density at radius 3 is 2.47 bits per heavy atom.